The number of nitrogens with zero attached hydrogens (tertiary/aromatic N) is 1. The number of halogens is 1. The minimum absolute atomic E-state index is 0.0276. The highest BCUT2D eigenvalue weighted by atomic mass is 19.1. The van der Waals surface area contributed by atoms with E-state index in [0.29, 0.717) is 19.5 Å². The number of rotatable bonds is 5. The summed E-state index contributed by atoms with van der Waals surface area (Å²) in [5.41, 5.74) is 1.98. The minimum atomic E-state index is -0.281. The molecule has 1 saturated heterocycles. The fraction of sp³-hybridized carbons (Fsp3) is 0.364. The number of likely N-dealkylation sites (tertiary alicyclic amines) is 1. The van der Waals surface area contributed by atoms with E-state index < -0.39 is 0 Å². The third kappa shape index (κ3) is 5.16. The molecule has 1 heterocycles. The molecule has 0 spiro atoms. The average molecular weight is 368 g/mol. The number of hydrogen-bond donors (Lipinski definition) is 1. The zero-order valence-corrected chi connectivity index (χ0v) is 15.5. The summed E-state index contributed by atoms with van der Waals surface area (Å²) >= 11 is 0. The van der Waals surface area contributed by atoms with E-state index >= 15 is 0 Å². The molecule has 1 aliphatic rings. The van der Waals surface area contributed by atoms with Gasteiger partial charge in [-0.3, -0.25) is 9.59 Å². The van der Waals surface area contributed by atoms with Crippen molar-refractivity contribution >= 4 is 11.8 Å². The predicted octanol–water partition coefficient (Wildman–Crippen LogP) is 3.47. The largest absolute Gasteiger partial charge is 0.353 e. The molecule has 5 heteroatoms. The van der Waals surface area contributed by atoms with Crippen LogP contribution in [0.2, 0.25) is 0 Å². The van der Waals surface area contributed by atoms with Gasteiger partial charge in [0.15, 0.2) is 0 Å². The molecular formula is C22H25FN2O2. The molecule has 142 valence electrons. The van der Waals surface area contributed by atoms with Crippen LogP contribution in [0.1, 0.15) is 43.2 Å². The van der Waals surface area contributed by atoms with Crippen molar-refractivity contribution in [2.24, 2.45) is 0 Å². The van der Waals surface area contributed by atoms with E-state index in [0.717, 1.165) is 24.0 Å². The number of carbonyl (C=O) groups is 2. The number of carbonyl (C=O) groups excluding carboxylic acids is 2. The van der Waals surface area contributed by atoms with Crippen LogP contribution in [0.4, 0.5) is 4.39 Å². The van der Waals surface area contributed by atoms with Crippen molar-refractivity contribution < 1.29 is 14.0 Å². The first-order chi connectivity index (χ1) is 13.0. The number of piperidine rings is 1. The zero-order chi connectivity index (χ0) is 19.2. The molecule has 1 fully saturated rings. The molecule has 1 N–H and O–H groups in total. The van der Waals surface area contributed by atoms with Gasteiger partial charge in [-0.25, -0.2) is 4.39 Å². The van der Waals surface area contributed by atoms with E-state index in [4.69, 9.17) is 0 Å². The summed E-state index contributed by atoms with van der Waals surface area (Å²) in [4.78, 5) is 26.0. The fourth-order valence-corrected chi connectivity index (χ4v) is 3.67. The Kier molecular flexibility index (Phi) is 6.22. The monoisotopic (exact) mass is 368 g/mol. The molecule has 3 rings (SSSR count). The van der Waals surface area contributed by atoms with E-state index in [9.17, 15) is 14.0 Å². The van der Waals surface area contributed by atoms with Gasteiger partial charge >= 0.3 is 0 Å². The number of hydrogen-bond acceptors (Lipinski definition) is 2. The number of nitrogens with one attached hydrogen (secondary N) is 1. The van der Waals surface area contributed by atoms with Gasteiger partial charge in [0, 0.05) is 38.4 Å². The molecule has 0 radical (unpaired) electrons. The van der Waals surface area contributed by atoms with Crippen molar-refractivity contribution in [3.63, 3.8) is 0 Å². The first kappa shape index (κ1) is 19.1. The topological polar surface area (TPSA) is 49.4 Å². The molecule has 1 atom stereocenters. The van der Waals surface area contributed by atoms with Crippen molar-refractivity contribution in [1.82, 2.24) is 10.2 Å². The van der Waals surface area contributed by atoms with Crippen LogP contribution in [0.25, 0.3) is 0 Å². The minimum Gasteiger partial charge on any atom is -0.353 e. The Morgan fingerprint density at radius 2 is 1.63 bits per heavy atom. The summed E-state index contributed by atoms with van der Waals surface area (Å²) in [6.45, 7) is 2.81. The molecule has 27 heavy (non-hydrogen) atoms. The quantitative estimate of drug-likeness (QED) is 0.878. The Morgan fingerprint density at radius 3 is 2.22 bits per heavy atom. The number of amides is 2. The highest BCUT2D eigenvalue weighted by Gasteiger charge is 2.26. The van der Waals surface area contributed by atoms with Crippen molar-refractivity contribution in [1.29, 1.82) is 0 Å². The molecule has 0 aliphatic carbocycles. The Hall–Kier alpha value is -2.69. The van der Waals surface area contributed by atoms with Gasteiger partial charge in [0.05, 0.1) is 0 Å². The summed E-state index contributed by atoms with van der Waals surface area (Å²) in [6.07, 6.45) is 1.90. The van der Waals surface area contributed by atoms with Crippen LogP contribution < -0.4 is 5.32 Å². The first-order valence-electron chi connectivity index (χ1n) is 9.38. The maximum Gasteiger partial charge on any atom is 0.223 e. The van der Waals surface area contributed by atoms with Gasteiger partial charge in [-0.15, -0.1) is 0 Å². The van der Waals surface area contributed by atoms with Gasteiger partial charge in [0.2, 0.25) is 11.8 Å². The molecule has 2 amide bonds. The molecule has 0 saturated carbocycles. The lowest BCUT2D eigenvalue weighted by molar-refractivity contribution is -0.132. The van der Waals surface area contributed by atoms with Crippen LogP contribution in [0.15, 0.2) is 54.6 Å². The lowest BCUT2D eigenvalue weighted by Gasteiger charge is -2.33. The van der Waals surface area contributed by atoms with E-state index in [2.05, 4.69) is 5.32 Å². The second-order valence-corrected chi connectivity index (χ2v) is 7.07. The summed E-state index contributed by atoms with van der Waals surface area (Å²) in [6, 6.07) is 16.4. The first-order valence-corrected chi connectivity index (χ1v) is 9.38. The van der Waals surface area contributed by atoms with Crippen LogP contribution in [-0.4, -0.2) is 35.8 Å². The van der Waals surface area contributed by atoms with Crippen LogP contribution in [0, 0.1) is 5.82 Å². The average Bonchev–Trinajstić information content (AvgIpc) is 2.67. The Bertz CT molecular complexity index is 769. The summed E-state index contributed by atoms with van der Waals surface area (Å²) in [5, 5.41) is 2.93. The predicted molar refractivity (Wildman–Crippen MR) is 103 cm³/mol. The van der Waals surface area contributed by atoms with E-state index in [1.807, 2.05) is 35.2 Å². The zero-order valence-electron chi connectivity index (χ0n) is 15.5. The molecule has 1 aliphatic heterocycles. The Labute approximate surface area is 159 Å². The smallest absolute Gasteiger partial charge is 0.223 e. The molecular weight excluding hydrogens is 343 g/mol. The van der Waals surface area contributed by atoms with Crippen molar-refractivity contribution in [3.05, 3.63) is 71.5 Å². The summed E-state index contributed by atoms with van der Waals surface area (Å²) in [7, 11) is 0. The van der Waals surface area contributed by atoms with Gasteiger partial charge in [-0.2, -0.15) is 0 Å². The molecule has 0 bridgehead atoms. The maximum absolute atomic E-state index is 13.3. The maximum atomic E-state index is 13.3. The van der Waals surface area contributed by atoms with Gasteiger partial charge in [-0.05, 0) is 36.1 Å². The molecule has 0 unspecified atom stereocenters. The highest BCUT2D eigenvalue weighted by Crippen LogP contribution is 2.29. The van der Waals surface area contributed by atoms with E-state index in [-0.39, 0.29) is 29.6 Å². The summed E-state index contributed by atoms with van der Waals surface area (Å²) < 4.78 is 13.3. The Balaban J connectivity index is 1.70. The normalized spacial score (nSPS) is 16.0. The lowest BCUT2D eigenvalue weighted by atomic mass is 9.88. The van der Waals surface area contributed by atoms with Gasteiger partial charge < -0.3 is 10.2 Å². The van der Waals surface area contributed by atoms with Crippen molar-refractivity contribution in [3.8, 4) is 0 Å². The number of benzene rings is 2. The lowest BCUT2D eigenvalue weighted by Crippen LogP contribution is -2.46. The van der Waals surface area contributed by atoms with E-state index in [1.54, 1.807) is 12.1 Å². The molecule has 4 nitrogen and oxygen atoms in total. The highest BCUT2D eigenvalue weighted by molar-refractivity contribution is 5.78. The second kappa shape index (κ2) is 8.80. The van der Waals surface area contributed by atoms with Crippen LogP contribution in [0.3, 0.4) is 0 Å². The van der Waals surface area contributed by atoms with E-state index in [1.165, 1.54) is 19.1 Å². The van der Waals surface area contributed by atoms with Gasteiger partial charge in [0.25, 0.3) is 0 Å². The van der Waals surface area contributed by atoms with Gasteiger partial charge in [0.1, 0.15) is 5.82 Å². The van der Waals surface area contributed by atoms with Crippen LogP contribution in [-0.2, 0) is 9.59 Å². The Morgan fingerprint density at radius 1 is 1.04 bits per heavy atom. The molecule has 0 aromatic heterocycles. The SMILES string of the molecule is CC(=O)NC1CCN(C(=O)C[C@H](c2ccccc2)c2ccc(F)cc2)CC1. The fourth-order valence-electron chi connectivity index (χ4n) is 3.67. The van der Waals surface area contributed by atoms with Gasteiger partial charge in [-0.1, -0.05) is 42.5 Å². The molecule has 2 aromatic rings. The molecule has 2 aromatic carbocycles. The van der Waals surface area contributed by atoms with Crippen molar-refractivity contribution in [2.75, 3.05) is 13.1 Å². The van der Waals surface area contributed by atoms with Crippen molar-refractivity contribution in [2.45, 2.75) is 38.1 Å². The van der Waals surface area contributed by atoms with Crippen LogP contribution in [0.5, 0.6) is 0 Å². The third-order valence-electron chi connectivity index (χ3n) is 5.11. The second-order valence-electron chi connectivity index (χ2n) is 7.07. The third-order valence-corrected chi connectivity index (χ3v) is 5.11. The van der Waals surface area contributed by atoms with Crippen LogP contribution >= 0.6 is 0 Å². The standard InChI is InChI=1S/C22H25FN2O2/c1-16(26)24-20-11-13-25(14-12-20)22(27)15-21(17-5-3-2-4-6-17)18-7-9-19(23)10-8-18/h2-10,20-21H,11-15H2,1H3,(H,24,26)/t21-/m1/s1. The summed E-state index contributed by atoms with van der Waals surface area (Å²) in [5.74, 6) is -0.320.